The van der Waals surface area contributed by atoms with Gasteiger partial charge in [0.15, 0.2) is 0 Å². The Balaban J connectivity index is 1.87. The van der Waals surface area contributed by atoms with E-state index in [-0.39, 0.29) is 0 Å². The molecule has 0 unspecified atom stereocenters. The minimum absolute atomic E-state index is 0.623. The molecule has 1 aromatic rings. The second-order valence-electron chi connectivity index (χ2n) is 4.83. The van der Waals surface area contributed by atoms with Crippen molar-refractivity contribution in [3.63, 3.8) is 0 Å². The Hall–Kier alpha value is -0.930. The zero-order valence-corrected chi connectivity index (χ0v) is 11.0. The summed E-state index contributed by atoms with van der Waals surface area (Å²) in [5.41, 5.74) is 7.53. The molecule has 1 aromatic carbocycles. The van der Waals surface area contributed by atoms with Crippen molar-refractivity contribution in [2.24, 2.45) is 5.92 Å². The van der Waals surface area contributed by atoms with Gasteiger partial charge in [-0.2, -0.15) is 0 Å². The highest BCUT2D eigenvalue weighted by molar-refractivity contribution is 6.33. The number of piperidine rings is 1. The summed E-state index contributed by atoms with van der Waals surface area (Å²) in [6.07, 6.45) is 2.51. The number of hydrogen-bond acceptors (Lipinski definition) is 3. The highest BCUT2D eigenvalue weighted by Gasteiger charge is 2.16. The maximum absolute atomic E-state index is 5.98. The average Bonchev–Trinajstić information content (AvgIpc) is 2.33. The number of nitrogen functional groups attached to an aromatic ring is 1. The first kappa shape index (κ1) is 12.5. The van der Waals surface area contributed by atoms with E-state index in [0.717, 1.165) is 18.2 Å². The van der Waals surface area contributed by atoms with E-state index in [1.54, 1.807) is 0 Å². The summed E-state index contributed by atoms with van der Waals surface area (Å²) < 4.78 is 0. The van der Waals surface area contributed by atoms with Crippen molar-refractivity contribution in [3.05, 3.63) is 23.2 Å². The molecule has 1 saturated heterocycles. The van der Waals surface area contributed by atoms with E-state index in [2.05, 4.69) is 17.3 Å². The van der Waals surface area contributed by atoms with Crippen LogP contribution < -0.4 is 11.1 Å². The second-order valence-corrected chi connectivity index (χ2v) is 5.24. The highest BCUT2D eigenvalue weighted by atomic mass is 35.5. The number of para-hydroxylation sites is 1. The Bertz CT molecular complexity index is 373. The van der Waals surface area contributed by atoms with Gasteiger partial charge < -0.3 is 16.0 Å². The predicted octanol–water partition coefficient (Wildman–Crippen LogP) is 2.68. The molecule has 0 amide bonds. The maximum atomic E-state index is 5.98. The van der Waals surface area contributed by atoms with Gasteiger partial charge in [0.25, 0.3) is 0 Å². The lowest BCUT2D eigenvalue weighted by molar-refractivity contribution is 0.226. The van der Waals surface area contributed by atoms with Crippen molar-refractivity contribution in [2.75, 3.05) is 37.7 Å². The number of nitrogens with one attached hydrogen (secondary N) is 1. The van der Waals surface area contributed by atoms with Gasteiger partial charge in [-0.25, -0.2) is 0 Å². The van der Waals surface area contributed by atoms with Crippen molar-refractivity contribution < 1.29 is 0 Å². The Morgan fingerprint density at radius 1 is 1.41 bits per heavy atom. The van der Waals surface area contributed by atoms with Crippen LogP contribution in [-0.2, 0) is 0 Å². The van der Waals surface area contributed by atoms with Crippen LogP contribution in [0.15, 0.2) is 18.2 Å². The molecule has 0 aliphatic carbocycles. The normalized spacial score (nSPS) is 18.2. The first-order valence-electron chi connectivity index (χ1n) is 6.13. The molecule has 1 fully saturated rings. The van der Waals surface area contributed by atoms with E-state index >= 15 is 0 Å². The molecule has 3 nitrogen and oxygen atoms in total. The summed E-state index contributed by atoms with van der Waals surface area (Å²) in [6.45, 7) is 3.37. The van der Waals surface area contributed by atoms with Crippen LogP contribution in [-0.4, -0.2) is 31.6 Å². The highest BCUT2D eigenvalue weighted by Crippen LogP contribution is 2.27. The molecule has 94 valence electrons. The van der Waals surface area contributed by atoms with Crippen molar-refractivity contribution in [3.8, 4) is 0 Å². The van der Waals surface area contributed by atoms with Gasteiger partial charge in [-0.3, -0.25) is 0 Å². The van der Waals surface area contributed by atoms with Crippen molar-refractivity contribution >= 4 is 23.0 Å². The molecular formula is C13H20ClN3. The van der Waals surface area contributed by atoms with E-state index < -0.39 is 0 Å². The zero-order valence-electron chi connectivity index (χ0n) is 10.2. The number of likely N-dealkylation sites (tertiary alicyclic amines) is 1. The summed E-state index contributed by atoms with van der Waals surface area (Å²) in [5.74, 6) is 0.740. The molecule has 4 heteroatoms. The third-order valence-corrected chi connectivity index (χ3v) is 3.80. The fourth-order valence-corrected chi connectivity index (χ4v) is 2.39. The van der Waals surface area contributed by atoms with Crippen LogP contribution in [0.1, 0.15) is 12.8 Å². The van der Waals surface area contributed by atoms with Crippen molar-refractivity contribution in [2.45, 2.75) is 12.8 Å². The van der Waals surface area contributed by atoms with E-state index in [9.17, 15) is 0 Å². The second kappa shape index (κ2) is 5.61. The number of hydrogen-bond donors (Lipinski definition) is 2. The van der Waals surface area contributed by atoms with Crippen LogP contribution in [0.25, 0.3) is 0 Å². The van der Waals surface area contributed by atoms with E-state index in [4.69, 9.17) is 17.3 Å². The van der Waals surface area contributed by atoms with Crippen molar-refractivity contribution in [1.82, 2.24) is 4.90 Å². The summed E-state index contributed by atoms with van der Waals surface area (Å²) in [4.78, 5) is 2.38. The molecule has 0 aromatic heterocycles. The molecule has 0 radical (unpaired) electrons. The van der Waals surface area contributed by atoms with Gasteiger partial charge in [0.1, 0.15) is 0 Å². The van der Waals surface area contributed by atoms with Gasteiger partial charge in [-0.15, -0.1) is 0 Å². The van der Waals surface area contributed by atoms with Gasteiger partial charge in [0.05, 0.1) is 16.4 Å². The van der Waals surface area contributed by atoms with Crippen LogP contribution in [0.5, 0.6) is 0 Å². The van der Waals surface area contributed by atoms with Crippen LogP contribution in [0.4, 0.5) is 11.4 Å². The van der Waals surface area contributed by atoms with Crippen molar-refractivity contribution in [1.29, 1.82) is 0 Å². The summed E-state index contributed by atoms with van der Waals surface area (Å²) in [5, 5.41) is 4.03. The van der Waals surface area contributed by atoms with Crippen LogP contribution in [0, 0.1) is 5.92 Å². The number of nitrogens with zero attached hydrogens (tertiary/aromatic N) is 1. The molecule has 0 bridgehead atoms. The van der Waals surface area contributed by atoms with Crippen LogP contribution >= 0.6 is 11.6 Å². The molecule has 0 saturated carbocycles. The molecule has 3 N–H and O–H groups in total. The lowest BCUT2D eigenvalue weighted by Gasteiger charge is -2.29. The quantitative estimate of drug-likeness (QED) is 0.814. The lowest BCUT2D eigenvalue weighted by Crippen LogP contribution is -2.33. The van der Waals surface area contributed by atoms with E-state index in [1.807, 2.05) is 18.2 Å². The smallest absolute Gasteiger partial charge is 0.0739 e. The minimum atomic E-state index is 0.623. The molecule has 1 heterocycles. The van der Waals surface area contributed by atoms with Gasteiger partial charge in [-0.1, -0.05) is 17.7 Å². The van der Waals surface area contributed by atoms with E-state index in [1.165, 1.54) is 25.9 Å². The molecule has 17 heavy (non-hydrogen) atoms. The molecule has 2 rings (SSSR count). The third-order valence-electron chi connectivity index (χ3n) is 3.47. The first-order chi connectivity index (χ1) is 8.16. The molecular weight excluding hydrogens is 234 g/mol. The van der Waals surface area contributed by atoms with Crippen LogP contribution in [0.3, 0.4) is 0 Å². The Kier molecular flexibility index (Phi) is 4.13. The van der Waals surface area contributed by atoms with Gasteiger partial charge in [0.2, 0.25) is 0 Å². The topological polar surface area (TPSA) is 41.3 Å². The Morgan fingerprint density at radius 2 is 2.12 bits per heavy atom. The SMILES string of the molecule is CN1CCC(CNc2cccc(Cl)c2N)CC1. The van der Waals surface area contributed by atoms with Crippen LogP contribution in [0.2, 0.25) is 5.02 Å². The number of anilines is 2. The number of rotatable bonds is 3. The maximum Gasteiger partial charge on any atom is 0.0739 e. The minimum Gasteiger partial charge on any atom is -0.396 e. The number of benzene rings is 1. The Labute approximate surface area is 108 Å². The van der Waals surface area contributed by atoms with E-state index in [0.29, 0.717) is 10.7 Å². The summed E-state index contributed by atoms with van der Waals surface area (Å²) in [6, 6.07) is 5.73. The Morgan fingerprint density at radius 3 is 2.82 bits per heavy atom. The van der Waals surface area contributed by atoms with Gasteiger partial charge in [-0.05, 0) is 51.0 Å². The van der Waals surface area contributed by atoms with Gasteiger partial charge in [0, 0.05) is 6.54 Å². The van der Waals surface area contributed by atoms with Gasteiger partial charge >= 0.3 is 0 Å². The zero-order chi connectivity index (χ0) is 12.3. The fourth-order valence-electron chi connectivity index (χ4n) is 2.21. The average molecular weight is 254 g/mol. The monoisotopic (exact) mass is 253 g/mol. The molecule has 1 aliphatic heterocycles. The summed E-state index contributed by atoms with van der Waals surface area (Å²) >= 11 is 5.98. The first-order valence-corrected chi connectivity index (χ1v) is 6.51. The molecule has 0 atom stereocenters. The lowest BCUT2D eigenvalue weighted by atomic mass is 9.97. The predicted molar refractivity (Wildman–Crippen MR) is 74.6 cm³/mol. The largest absolute Gasteiger partial charge is 0.396 e. The summed E-state index contributed by atoms with van der Waals surface area (Å²) in [7, 11) is 2.18. The number of nitrogens with two attached hydrogens (primary N) is 1. The molecule has 0 spiro atoms. The standard InChI is InChI=1S/C13H20ClN3/c1-17-7-5-10(6-8-17)9-16-12-4-2-3-11(14)13(12)15/h2-4,10,16H,5-9,15H2,1H3. The number of halogens is 1. The third kappa shape index (κ3) is 3.27. The fraction of sp³-hybridized carbons (Fsp3) is 0.538. The molecule has 1 aliphatic rings.